The van der Waals surface area contributed by atoms with E-state index in [1.54, 1.807) is 30.0 Å². The van der Waals surface area contributed by atoms with Gasteiger partial charge in [0.1, 0.15) is 0 Å². The monoisotopic (exact) mass is 340 g/mol. The van der Waals surface area contributed by atoms with E-state index in [9.17, 15) is 18.3 Å². The van der Waals surface area contributed by atoms with E-state index >= 15 is 0 Å². The third-order valence-electron chi connectivity index (χ3n) is 4.21. The molecule has 1 atom stereocenters. The van der Waals surface area contributed by atoms with Crippen LogP contribution in [0.4, 0.5) is 5.69 Å². The van der Waals surface area contributed by atoms with Gasteiger partial charge in [0.05, 0.1) is 23.6 Å². The Labute approximate surface area is 137 Å². The van der Waals surface area contributed by atoms with E-state index in [4.69, 9.17) is 0 Å². The van der Waals surface area contributed by atoms with E-state index in [1.807, 2.05) is 6.92 Å². The van der Waals surface area contributed by atoms with Gasteiger partial charge in [0.25, 0.3) is 5.91 Å². The maximum atomic E-state index is 12.8. The topological polar surface area (TPSA) is 86.7 Å². The molecule has 1 amide bonds. The molecule has 1 heterocycles. The van der Waals surface area contributed by atoms with Gasteiger partial charge in [0, 0.05) is 13.1 Å². The second kappa shape index (κ2) is 6.88. The van der Waals surface area contributed by atoms with Crippen LogP contribution in [0.5, 0.6) is 0 Å². The van der Waals surface area contributed by atoms with Crippen LogP contribution in [0.1, 0.15) is 35.7 Å². The molecule has 1 fully saturated rings. The molecule has 2 N–H and O–H groups in total. The first-order valence-corrected chi connectivity index (χ1v) is 9.62. The molecule has 1 aliphatic heterocycles. The lowest BCUT2D eigenvalue weighted by Crippen LogP contribution is -2.41. The molecular weight excluding hydrogens is 316 g/mol. The van der Waals surface area contributed by atoms with Gasteiger partial charge in [-0.2, -0.15) is 0 Å². The van der Waals surface area contributed by atoms with Crippen molar-refractivity contribution in [3.63, 3.8) is 0 Å². The molecule has 23 heavy (non-hydrogen) atoms. The number of aliphatic hydroxyl groups is 1. The molecule has 0 spiro atoms. The van der Waals surface area contributed by atoms with Crippen LogP contribution in [0.2, 0.25) is 0 Å². The number of piperidine rings is 1. The van der Waals surface area contributed by atoms with E-state index in [0.29, 0.717) is 24.3 Å². The highest BCUT2D eigenvalue weighted by atomic mass is 32.2. The molecule has 0 saturated carbocycles. The SMILES string of the molecule is Cc1ccc(NS(C)(=O)=O)c(C(=O)N2CCC(C(C)O)CC2)c1. The highest BCUT2D eigenvalue weighted by Gasteiger charge is 2.27. The lowest BCUT2D eigenvalue weighted by Gasteiger charge is -2.33. The number of rotatable bonds is 4. The Bertz CT molecular complexity index is 677. The zero-order valence-electron chi connectivity index (χ0n) is 13.7. The molecule has 6 nitrogen and oxygen atoms in total. The largest absolute Gasteiger partial charge is 0.393 e. The van der Waals surface area contributed by atoms with Crippen LogP contribution in [0.25, 0.3) is 0 Å². The van der Waals surface area contributed by atoms with Crippen molar-refractivity contribution in [3.8, 4) is 0 Å². The van der Waals surface area contributed by atoms with Crippen LogP contribution in [0.3, 0.4) is 0 Å². The van der Waals surface area contributed by atoms with Gasteiger partial charge in [-0.1, -0.05) is 11.6 Å². The summed E-state index contributed by atoms with van der Waals surface area (Å²) in [5.74, 6) is 0.0362. The number of aliphatic hydroxyl groups excluding tert-OH is 1. The molecule has 1 unspecified atom stereocenters. The third kappa shape index (κ3) is 4.68. The molecular formula is C16H24N2O4S. The predicted molar refractivity (Wildman–Crippen MR) is 90.0 cm³/mol. The number of anilines is 1. The van der Waals surface area contributed by atoms with Gasteiger partial charge in [-0.15, -0.1) is 0 Å². The second-order valence-corrected chi connectivity index (χ2v) is 8.04. The van der Waals surface area contributed by atoms with Crippen molar-refractivity contribution in [2.24, 2.45) is 5.92 Å². The van der Waals surface area contributed by atoms with E-state index in [-0.39, 0.29) is 17.9 Å². The van der Waals surface area contributed by atoms with E-state index < -0.39 is 10.0 Å². The van der Waals surface area contributed by atoms with Gasteiger partial charge >= 0.3 is 0 Å². The van der Waals surface area contributed by atoms with E-state index in [0.717, 1.165) is 24.7 Å². The Kier molecular flexibility index (Phi) is 5.31. The van der Waals surface area contributed by atoms with Crippen molar-refractivity contribution in [1.82, 2.24) is 4.90 Å². The van der Waals surface area contributed by atoms with Crippen LogP contribution >= 0.6 is 0 Å². The number of nitrogens with zero attached hydrogens (tertiary/aromatic N) is 1. The van der Waals surface area contributed by atoms with Gasteiger partial charge in [0.15, 0.2) is 0 Å². The molecule has 7 heteroatoms. The summed E-state index contributed by atoms with van der Waals surface area (Å²) in [5, 5.41) is 9.65. The average molecular weight is 340 g/mol. The summed E-state index contributed by atoms with van der Waals surface area (Å²) < 4.78 is 25.4. The highest BCUT2D eigenvalue weighted by Crippen LogP contribution is 2.25. The van der Waals surface area contributed by atoms with E-state index in [1.165, 1.54) is 0 Å². The number of benzene rings is 1. The fraction of sp³-hybridized carbons (Fsp3) is 0.562. The molecule has 0 bridgehead atoms. The molecule has 2 rings (SSSR count). The molecule has 128 valence electrons. The first kappa shape index (κ1) is 17.7. The first-order chi connectivity index (χ1) is 10.7. The minimum Gasteiger partial charge on any atom is -0.393 e. The van der Waals surface area contributed by atoms with Gasteiger partial charge in [0.2, 0.25) is 10.0 Å². The second-order valence-electron chi connectivity index (χ2n) is 6.29. The summed E-state index contributed by atoms with van der Waals surface area (Å²) in [7, 11) is -3.45. The summed E-state index contributed by atoms with van der Waals surface area (Å²) in [6.45, 7) is 4.78. The Morgan fingerprint density at radius 1 is 1.35 bits per heavy atom. The lowest BCUT2D eigenvalue weighted by molar-refractivity contribution is 0.0522. The smallest absolute Gasteiger partial charge is 0.255 e. The zero-order chi connectivity index (χ0) is 17.2. The number of hydrogen-bond donors (Lipinski definition) is 2. The normalized spacial score (nSPS) is 17.8. The molecule has 1 saturated heterocycles. The van der Waals surface area contributed by atoms with Crippen molar-refractivity contribution in [2.75, 3.05) is 24.1 Å². The Morgan fingerprint density at radius 2 is 1.96 bits per heavy atom. The molecule has 0 radical (unpaired) electrons. The predicted octanol–water partition coefficient (Wildman–Crippen LogP) is 1.60. The number of carbonyl (C=O) groups is 1. The number of carbonyl (C=O) groups excluding carboxylic acids is 1. The standard InChI is InChI=1S/C16H24N2O4S/c1-11-4-5-15(17-23(3,21)22)14(10-11)16(20)18-8-6-13(7-9-18)12(2)19/h4-5,10,12-13,17,19H,6-9H2,1-3H3. The van der Waals surface area contributed by atoms with Crippen LogP contribution in [-0.4, -0.2) is 49.8 Å². The van der Waals surface area contributed by atoms with Crippen molar-refractivity contribution >= 4 is 21.6 Å². The minimum absolute atomic E-state index is 0.177. The Morgan fingerprint density at radius 3 is 2.48 bits per heavy atom. The van der Waals surface area contributed by atoms with Crippen LogP contribution in [0.15, 0.2) is 18.2 Å². The van der Waals surface area contributed by atoms with Gasteiger partial charge in [-0.05, 0) is 44.7 Å². The quantitative estimate of drug-likeness (QED) is 0.871. The highest BCUT2D eigenvalue weighted by molar-refractivity contribution is 7.92. The maximum absolute atomic E-state index is 12.8. The Balaban J connectivity index is 2.21. The summed E-state index contributed by atoms with van der Waals surface area (Å²) in [6.07, 6.45) is 2.21. The number of nitrogens with one attached hydrogen (secondary N) is 1. The number of aryl methyl sites for hydroxylation is 1. The zero-order valence-corrected chi connectivity index (χ0v) is 14.6. The summed E-state index contributed by atoms with van der Waals surface area (Å²) in [4.78, 5) is 14.5. The molecule has 0 aliphatic carbocycles. The van der Waals surface area contributed by atoms with Crippen molar-refractivity contribution in [3.05, 3.63) is 29.3 Å². The first-order valence-electron chi connectivity index (χ1n) is 7.73. The summed E-state index contributed by atoms with van der Waals surface area (Å²) >= 11 is 0. The maximum Gasteiger partial charge on any atom is 0.255 e. The number of amides is 1. The molecule has 0 aromatic heterocycles. The average Bonchev–Trinajstić information content (AvgIpc) is 2.47. The van der Waals surface area contributed by atoms with Gasteiger partial charge in [-0.3, -0.25) is 9.52 Å². The molecule has 1 aromatic rings. The summed E-state index contributed by atoms with van der Waals surface area (Å²) in [6, 6.07) is 5.09. The third-order valence-corrected chi connectivity index (χ3v) is 4.80. The van der Waals surface area contributed by atoms with E-state index in [2.05, 4.69) is 4.72 Å². The fourth-order valence-electron chi connectivity index (χ4n) is 2.88. The van der Waals surface area contributed by atoms with Gasteiger partial charge in [-0.25, -0.2) is 8.42 Å². The number of hydrogen-bond acceptors (Lipinski definition) is 4. The van der Waals surface area contributed by atoms with Crippen LogP contribution < -0.4 is 4.72 Å². The molecule has 1 aromatic carbocycles. The number of likely N-dealkylation sites (tertiary alicyclic amines) is 1. The molecule has 1 aliphatic rings. The van der Waals surface area contributed by atoms with Crippen molar-refractivity contribution < 1.29 is 18.3 Å². The summed E-state index contributed by atoms with van der Waals surface area (Å²) in [5.41, 5.74) is 1.57. The van der Waals surface area contributed by atoms with Crippen molar-refractivity contribution in [2.45, 2.75) is 32.8 Å². The lowest BCUT2D eigenvalue weighted by atomic mass is 9.92. The van der Waals surface area contributed by atoms with Crippen LogP contribution in [0, 0.1) is 12.8 Å². The van der Waals surface area contributed by atoms with Gasteiger partial charge < -0.3 is 10.0 Å². The minimum atomic E-state index is -3.45. The Hall–Kier alpha value is -1.60. The fourth-order valence-corrected chi connectivity index (χ4v) is 3.46. The van der Waals surface area contributed by atoms with Crippen LogP contribution in [-0.2, 0) is 10.0 Å². The number of sulfonamides is 1. The van der Waals surface area contributed by atoms with Crippen molar-refractivity contribution in [1.29, 1.82) is 0 Å².